The predicted molar refractivity (Wildman–Crippen MR) is 99.4 cm³/mol. The van der Waals surface area contributed by atoms with Crippen LogP contribution in [0.1, 0.15) is 27.4 Å². The van der Waals surface area contributed by atoms with E-state index >= 15 is 0 Å². The standard InChI is InChI=1S/C20H19FN2O2S/c1-14-10-17(25-22-14)13-26-19-9-4-3-8-18(19)20(24)23(2)12-15-6-5-7-16(21)11-15/h3-11H,12-13H2,1-2H3. The number of hydrogen-bond acceptors (Lipinski definition) is 4. The second kappa shape index (κ2) is 8.19. The van der Waals surface area contributed by atoms with Gasteiger partial charge in [-0.15, -0.1) is 11.8 Å². The van der Waals surface area contributed by atoms with Gasteiger partial charge in [0, 0.05) is 24.6 Å². The van der Waals surface area contributed by atoms with E-state index in [-0.39, 0.29) is 11.7 Å². The molecule has 26 heavy (non-hydrogen) atoms. The molecule has 0 radical (unpaired) electrons. The lowest BCUT2D eigenvalue weighted by molar-refractivity contribution is 0.0781. The van der Waals surface area contributed by atoms with Crippen molar-refractivity contribution in [3.8, 4) is 0 Å². The maximum atomic E-state index is 13.3. The second-order valence-electron chi connectivity index (χ2n) is 6.01. The summed E-state index contributed by atoms with van der Waals surface area (Å²) in [6.45, 7) is 2.22. The van der Waals surface area contributed by atoms with Crippen LogP contribution in [0.2, 0.25) is 0 Å². The van der Waals surface area contributed by atoms with Gasteiger partial charge in [0.25, 0.3) is 5.91 Å². The Morgan fingerprint density at radius 1 is 1.19 bits per heavy atom. The summed E-state index contributed by atoms with van der Waals surface area (Å²) in [6.07, 6.45) is 0. The Labute approximate surface area is 156 Å². The fraction of sp³-hybridized carbons (Fsp3) is 0.200. The summed E-state index contributed by atoms with van der Waals surface area (Å²) >= 11 is 1.53. The number of thioether (sulfide) groups is 1. The minimum atomic E-state index is -0.304. The molecule has 0 saturated heterocycles. The first-order valence-electron chi connectivity index (χ1n) is 8.17. The SMILES string of the molecule is Cc1cc(CSc2ccccc2C(=O)N(C)Cc2cccc(F)c2)on1. The number of halogens is 1. The summed E-state index contributed by atoms with van der Waals surface area (Å²) in [7, 11) is 1.72. The quantitative estimate of drug-likeness (QED) is 0.591. The molecular weight excluding hydrogens is 351 g/mol. The van der Waals surface area contributed by atoms with Gasteiger partial charge >= 0.3 is 0 Å². The van der Waals surface area contributed by atoms with Crippen LogP contribution in [0.5, 0.6) is 0 Å². The van der Waals surface area contributed by atoms with Crippen LogP contribution in [-0.4, -0.2) is 23.0 Å². The Morgan fingerprint density at radius 3 is 2.73 bits per heavy atom. The number of hydrogen-bond donors (Lipinski definition) is 0. The molecule has 134 valence electrons. The largest absolute Gasteiger partial charge is 0.360 e. The number of rotatable bonds is 6. The summed E-state index contributed by atoms with van der Waals surface area (Å²) in [4.78, 5) is 15.3. The molecule has 3 rings (SSSR count). The predicted octanol–water partition coefficient (Wildman–Crippen LogP) is 4.69. The highest BCUT2D eigenvalue weighted by molar-refractivity contribution is 7.98. The fourth-order valence-corrected chi connectivity index (χ4v) is 3.51. The highest BCUT2D eigenvalue weighted by Gasteiger charge is 2.17. The highest BCUT2D eigenvalue weighted by Crippen LogP contribution is 2.27. The molecule has 0 aliphatic rings. The summed E-state index contributed by atoms with van der Waals surface area (Å²) in [5.74, 6) is 0.953. The Morgan fingerprint density at radius 2 is 2.00 bits per heavy atom. The van der Waals surface area contributed by atoms with Gasteiger partial charge in [-0.3, -0.25) is 4.79 Å². The molecule has 1 aromatic heterocycles. The Kier molecular flexibility index (Phi) is 5.73. The molecule has 4 nitrogen and oxygen atoms in total. The van der Waals surface area contributed by atoms with E-state index in [0.717, 1.165) is 21.9 Å². The first kappa shape index (κ1) is 18.2. The van der Waals surface area contributed by atoms with Crippen molar-refractivity contribution in [2.24, 2.45) is 0 Å². The van der Waals surface area contributed by atoms with Crippen LogP contribution in [0.25, 0.3) is 0 Å². The van der Waals surface area contributed by atoms with E-state index < -0.39 is 0 Å². The second-order valence-corrected chi connectivity index (χ2v) is 7.03. The van der Waals surface area contributed by atoms with Gasteiger partial charge in [-0.25, -0.2) is 4.39 Å². The molecule has 0 aliphatic heterocycles. The molecule has 6 heteroatoms. The summed E-state index contributed by atoms with van der Waals surface area (Å²) in [6, 6.07) is 15.6. The first-order chi connectivity index (χ1) is 12.5. The molecule has 1 amide bonds. The minimum Gasteiger partial charge on any atom is -0.360 e. The van der Waals surface area contributed by atoms with Gasteiger partial charge < -0.3 is 9.42 Å². The number of benzene rings is 2. The zero-order valence-corrected chi connectivity index (χ0v) is 15.4. The van der Waals surface area contributed by atoms with Crippen molar-refractivity contribution >= 4 is 17.7 Å². The molecule has 0 N–H and O–H groups in total. The maximum absolute atomic E-state index is 13.3. The molecule has 3 aromatic rings. The van der Waals surface area contributed by atoms with E-state index in [1.54, 1.807) is 30.1 Å². The summed E-state index contributed by atoms with van der Waals surface area (Å²) in [5.41, 5.74) is 2.20. The summed E-state index contributed by atoms with van der Waals surface area (Å²) in [5, 5.41) is 3.87. The number of amides is 1. The molecule has 0 bridgehead atoms. The number of aromatic nitrogens is 1. The van der Waals surface area contributed by atoms with Gasteiger partial charge in [0.15, 0.2) is 0 Å². The number of carbonyl (C=O) groups is 1. The summed E-state index contributed by atoms with van der Waals surface area (Å²) < 4.78 is 18.6. The molecule has 0 aliphatic carbocycles. The topological polar surface area (TPSA) is 46.3 Å². The third-order valence-corrected chi connectivity index (χ3v) is 4.92. The normalized spacial score (nSPS) is 10.7. The van der Waals surface area contributed by atoms with Gasteiger partial charge in [0.2, 0.25) is 0 Å². The van der Waals surface area contributed by atoms with E-state index in [1.165, 1.54) is 23.9 Å². The van der Waals surface area contributed by atoms with E-state index in [9.17, 15) is 9.18 Å². The zero-order valence-electron chi connectivity index (χ0n) is 14.6. The molecule has 2 aromatic carbocycles. The van der Waals surface area contributed by atoms with Crippen molar-refractivity contribution in [1.82, 2.24) is 10.1 Å². The highest BCUT2D eigenvalue weighted by atomic mass is 32.2. The molecular formula is C20H19FN2O2S. The average molecular weight is 370 g/mol. The van der Waals surface area contributed by atoms with E-state index in [1.807, 2.05) is 31.2 Å². The Hall–Kier alpha value is -2.60. The average Bonchev–Trinajstić information content (AvgIpc) is 3.05. The third kappa shape index (κ3) is 4.52. The number of nitrogens with zero attached hydrogens (tertiary/aromatic N) is 2. The van der Waals surface area contributed by atoms with E-state index in [4.69, 9.17) is 4.52 Å². The number of aryl methyl sites for hydroxylation is 1. The first-order valence-corrected chi connectivity index (χ1v) is 9.15. The molecule has 0 unspecified atom stereocenters. The molecule has 1 heterocycles. The lowest BCUT2D eigenvalue weighted by Gasteiger charge is -2.19. The van der Waals surface area contributed by atoms with Crippen LogP contribution >= 0.6 is 11.8 Å². The molecule has 0 saturated carbocycles. The molecule has 0 atom stereocenters. The van der Waals surface area contributed by atoms with Gasteiger partial charge in [-0.2, -0.15) is 0 Å². The fourth-order valence-electron chi connectivity index (χ4n) is 2.59. The van der Waals surface area contributed by atoms with Gasteiger partial charge in [0.1, 0.15) is 11.6 Å². The Balaban J connectivity index is 1.72. The maximum Gasteiger partial charge on any atom is 0.255 e. The monoisotopic (exact) mass is 370 g/mol. The third-order valence-electron chi connectivity index (χ3n) is 3.82. The van der Waals surface area contributed by atoms with Crippen LogP contribution < -0.4 is 0 Å². The zero-order chi connectivity index (χ0) is 18.5. The van der Waals surface area contributed by atoms with E-state index in [2.05, 4.69) is 5.16 Å². The molecule has 0 fully saturated rings. The van der Waals surface area contributed by atoms with Crippen LogP contribution in [0, 0.1) is 12.7 Å². The van der Waals surface area contributed by atoms with Gasteiger partial charge in [-0.1, -0.05) is 29.4 Å². The van der Waals surface area contributed by atoms with Crippen molar-refractivity contribution in [2.75, 3.05) is 7.05 Å². The van der Waals surface area contributed by atoms with Crippen molar-refractivity contribution < 1.29 is 13.7 Å². The van der Waals surface area contributed by atoms with Gasteiger partial charge in [-0.05, 0) is 36.8 Å². The number of carbonyl (C=O) groups excluding carboxylic acids is 1. The van der Waals surface area contributed by atoms with Crippen molar-refractivity contribution in [1.29, 1.82) is 0 Å². The van der Waals surface area contributed by atoms with Crippen molar-refractivity contribution in [3.05, 3.63) is 83.0 Å². The molecule has 0 spiro atoms. The van der Waals surface area contributed by atoms with Crippen molar-refractivity contribution in [3.63, 3.8) is 0 Å². The lowest BCUT2D eigenvalue weighted by atomic mass is 10.1. The van der Waals surface area contributed by atoms with Crippen LogP contribution in [0.3, 0.4) is 0 Å². The van der Waals surface area contributed by atoms with Crippen molar-refractivity contribution in [2.45, 2.75) is 24.1 Å². The van der Waals surface area contributed by atoms with Crippen LogP contribution in [-0.2, 0) is 12.3 Å². The van der Waals surface area contributed by atoms with E-state index in [0.29, 0.717) is 17.9 Å². The van der Waals surface area contributed by atoms with Crippen LogP contribution in [0.4, 0.5) is 4.39 Å². The smallest absolute Gasteiger partial charge is 0.255 e. The Bertz CT molecular complexity index is 910. The minimum absolute atomic E-state index is 0.105. The van der Waals surface area contributed by atoms with Crippen LogP contribution in [0.15, 0.2) is 64.0 Å². The lowest BCUT2D eigenvalue weighted by Crippen LogP contribution is -2.26. The van der Waals surface area contributed by atoms with Gasteiger partial charge in [0.05, 0.1) is 17.0 Å².